The van der Waals surface area contributed by atoms with Crippen molar-refractivity contribution < 1.29 is 19.0 Å². The van der Waals surface area contributed by atoms with Crippen LogP contribution in [0.5, 0.6) is 11.5 Å². The second-order valence-electron chi connectivity index (χ2n) is 6.76. The van der Waals surface area contributed by atoms with Crippen LogP contribution in [0.2, 0.25) is 10.0 Å². The average Bonchev–Trinajstić information content (AvgIpc) is 3.15. The largest absolute Gasteiger partial charge is 0.493 e. The Morgan fingerprint density at radius 1 is 1.06 bits per heavy atom. The first-order chi connectivity index (χ1) is 15.4. The highest BCUT2D eigenvalue weighted by molar-refractivity contribution is 9.10. The van der Waals surface area contributed by atoms with Crippen molar-refractivity contribution in [2.45, 2.75) is 6.61 Å². The zero-order valence-corrected chi connectivity index (χ0v) is 19.9. The number of aliphatic imine (C=N–C) groups is 1. The summed E-state index contributed by atoms with van der Waals surface area (Å²) in [5, 5.41) is 0.747. The minimum Gasteiger partial charge on any atom is -0.493 e. The first kappa shape index (κ1) is 22.4. The fourth-order valence-corrected chi connectivity index (χ4v) is 3.57. The Balaban J connectivity index is 1.65. The van der Waals surface area contributed by atoms with E-state index in [2.05, 4.69) is 20.9 Å². The molecule has 1 aliphatic heterocycles. The van der Waals surface area contributed by atoms with Gasteiger partial charge in [-0.05, 0) is 48.0 Å². The summed E-state index contributed by atoms with van der Waals surface area (Å²) in [4.78, 5) is 16.8. The van der Waals surface area contributed by atoms with Gasteiger partial charge in [0.2, 0.25) is 5.90 Å². The first-order valence-electron chi connectivity index (χ1n) is 9.47. The van der Waals surface area contributed by atoms with Gasteiger partial charge in [0.25, 0.3) is 0 Å². The predicted octanol–water partition coefficient (Wildman–Crippen LogP) is 6.69. The van der Waals surface area contributed by atoms with E-state index >= 15 is 0 Å². The topological polar surface area (TPSA) is 57.1 Å². The van der Waals surface area contributed by atoms with E-state index in [1.165, 1.54) is 0 Å². The molecule has 5 nitrogen and oxygen atoms in total. The Morgan fingerprint density at radius 3 is 2.56 bits per heavy atom. The molecule has 32 heavy (non-hydrogen) atoms. The maximum atomic E-state index is 12.5. The summed E-state index contributed by atoms with van der Waals surface area (Å²) in [6, 6.07) is 18.1. The molecule has 0 radical (unpaired) electrons. The van der Waals surface area contributed by atoms with Gasteiger partial charge < -0.3 is 14.2 Å². The number of methoxy groups -OCH3 is 1. The molecule has 0 N–H and O–H groups in total. The first-order valence-corrected chi connectivity index (χ1v) is 11.0. The van der Waals surface area contributed by atoms with Crippen LogP contribution in [0.3, 0.4) is 0 Å². The molecule has 0 saturated heterocycles. The van der Waals surface area contributed by atoms with Crippen molar-refractivity contribution >= 4 is 57.1 Å². The molecule has 0 amide bonds. The smallest absolute Gasteiger partial charge is 0.363 e. The quantitative estimate of drug-likeness (QED) is 0.262. The van der Waals surface area contributed by atoms with E-state index in [1.54, 1.807) is 37.5 Å². The van der Waals surface area contributed by atoms with Crippen LogP contribution < -0.4 is 9.47 Å². The highest BCUT2D eigenvalue weighted by Crippen LogP contribution is 2.34. The highest BCUT2D eigenvalue weighted by Gasteiger charge is 2.25. The van der Waals surface area contributed by atoms with Crippen molar-refractivity contribution in [2.24, 2.45) is 4.99 Å². The molecule has 162 valence electrons. The number of benzene rings is 3. The van der Waals surface area contributed by atoms with Gasteiger partial charge >= 0.3 is 5.97 Å². The van der Waals surface area contributed by atoms with Gasteiger partial charge in [-0.1, -0.05) is 63.4 Å². The van der Waals surface area contributed by atoms with Crippen LogP contribution >= 0.6 is 39.1 Å². The van der Waals surface area contributed by atoms with Crippen LogP contribution in [0, 0.1) is 0 Å². The fourth-order valence-electron chi connectivity index (χ4n) is 3.01. The molecule has 0 atom stereocenters. The van der Waals surface area contributed by atoms with Crippen LogP contribution in [-0.4, -0.2) is 19.0 Å². The normalized spacial score (nSPS) is 14.3. The van der Waals surface area contributed by atoms with E-state index in [0.29, 0.717) is 39.3 Å². The Bertz CT molecular complexity index is 1240. The maximum absolute atomic E-state index is 12.5. The van der Waals surface area contributed by atoms with E-state index in [4.69, 9.17) is 37.4 Å². The summed E-state index contributed by atoms with van der Waals surface area (Å²) in [5.41, 5.74) is 2.30. The number of hydrogen-bond donors (Lipinski definition) is 0. The number of carbonyl (C=O) groups excluding carboxylic acids is 1. The number of ether oxygens (including phenoxy) is 3. The molecule has 4 rings (SSSR count). The fraction of sp³-hybridized carbons (Fsp3) is 0.0833. The third-order valence-electron chi connectivity index (χ3n) is 4.60. The Labute approximate surface area is 203 Å². The molecule has 0 aliphatic carbocycles. The molecule has 0 spiro atoms. The molecule has 3 aromatic carbocycles. The third kappa shape index (κ3) is 4.99. The Morgan fingerprint density at radius 2 is 1.84 bits per heavy atom. The van der Waals surface area contributed by atoms with Gasteiger partial charge in [0, 0.05) is 15.6 Å². The lowest BCUT2D eigenvalue weighted by atomic mass is 10.1. The van der Waals surface area contributed by atoms with Gasteiger partial charge in [-0.2, -0.15) is 0 Å². The van der Waals surface area contributed by atoms with E-state index in [1.807, 2.05) is 36.4 Å². The monoisotopic (exact) mass is 531 g/mol. The molecule has 0 unspecified atom stereocenters. The standard InChI is InChI=1S/C24H16BrCl2NO4/c1-30-21-4-2-3-15(22(21)31-13-14-5-8-17(25)9-6-14)12-20-24(29)32-23(28-20)16-7-10-18(26)19(27)11-16/h2-12H,13H2,1H3/b20-12-. The van der Waals surface area contributed by atoms with Crippen molar-refractivity contribution in [2.75, 3.05) is 7.11 Å². The van der Waals surface area contributed by atoms with Crippen molar-refractivity contribution in [3.8, 4) is 11.5 Å². The molecule has 1 aliphatic rings. The summed E-state index contributed by atoms with van der Waals surface area (Å²) in [7, 11) is 1.56. The van der Waals surface area contributed by atoms with Crippen LogP contribution in [0.15, 0.2) is 75.8 Å². The minimum atomic E-state index is -0.576. The third-order valence-corrected chi connectivity index (χ3v) is 5.87. The molecular weight excluding hydrogens is 517 g/mol. The Kier molecular flexibility index (Phi) is 6.84. The van der Waals surface area contributed by atoms with Crippen molar-refractivity contribution in [1.82, 2.24) is 0 Å². The van der Waals surface area contributed by atoms with E-state index in [-0.39, 0.29) is 11.6 Å². The van der Waals surface area contributed by atoms with Gasteiger partial charge in [-0.3, -0.25) is 0 Å². The molecule has 3 aromatic rings. The number of cyclic esters (lactones) is 1. The minimum absolute atomic E-state index is 0.132. The summed E-state index contributed by atoms with van der Waals surface area (Å²) in [5.74, 6) is 0.612. The predicted molar refractivity (Wildman–Crippen MR) is 129 cm³/mol. The van der Waals surface area contributed by atoms with Crippen LogP contribution in [0.4, 0.5) is 0 Å². The molecule has 1 heterocycles. The van der Waals surface area contributed by atoms with E-state index in [9.17, 15) is 4.79 Å². The molecule has 8 heteroatoms. The van der Waals surface area contributed by atoms with Gasteiger partial charge in [0.15, 0.2) is 17.2 Å². The van der Waals surface area contributed by atoms with Gasteiger partial charge in [-0.25, -0.2) is 9.79 Å². The van der Waals surface area contributed by atoms with Gasteiger partial charge in [0.1, 0.15) is 6.61 Å². The zero-order valence-electron chi connectivity index (χ0n) is 16.8. The summed E-state index contributed by atoms with van der Waals surface area (Å²) >= 11 is 15.4. The molecule has 0 fully saturated rings. The lowest BCUT2D eigenvalue weighted by molar-refractivity contribution is -0.129. The molecular formula is C24H16BrCl2NO4. The second kappa shape index (κ2) is 9.77. The second-order valence-corrected chi connectivity index (χ2v) is 8.49. The number of rotatable bonds is 6. The van der Waals surface area contributed by atoms with Crippen molar-refractivity contribution in [3.63, 3.8) is 0 Å². The maximum Gasteiger partial charge on any atom is 0.363 e. The summed E-state index contributed by atoms with van der Waals surface area (Å²) in [6.07, 6.45) is 1.60. The lowest BCUT2D eigenvalue weighted by Crippen LogP contribution is -2.05. The van der Waals surface area contributed by atoms with Crippen LogP contribution in [-0.2, 0) is 16.1 Å². The van der Waals surface area contributed by atoms with Crippen LogP contribution in [0.1, 0.15) is 16.7 Å². The highest BCUT2D eigenvalue weighted by atomic mass is 79.9. The molecule has 0 aromatic heterocycles. The van der Waals surface area contributed by atoms with Crippen LogP contribution in [0.25, 0.3) is 6.08 Å². The molecule has 0 saturated carbocycles. The Hall–Kier alpha value is -2.80. The number of nitrogens with zero attached hydrogens (tertiary/aromatic N) is 1. The number of para-hydroxylation sites is 1. The number of esters is 1. The number of hydrogen-bond acceptors (Lipinski definition) is 5. The average molecular weight is 533 g/mol. The van der Waals surface area contributed by atoms with Crippen molar-refractivity contribution in [1.29, 1.82) is 0 Å². The number of carbonyl (C=O) groups is 1. The van der Waals surface area contributed by atoms with E-state index in [0.717, 1.165) is 10.0 Å². The molecule has 0 bridgehead atoms. The SMILES string of the molecule is COc1cccc(/C=C2\N=C(c3ccc(Cl)c(Cl)c3)OC2=O)c1OCc1ccc(Br)cc1. The summed E-state index contributed by atoms with van der Waals surface area (Å²) < 4.78 is 17.8. The van der Waals surface area contributed by atoms with Crippen molar-refractivity contribution in [3.05, 3.63) is 97.6 Å². The van der Waals surface area contributed by atoms with Gasteiger partial charge in [0.05, 0.1) is 17.2 Å². The lowest BCUT2D eigenvalue weighted by Gasteiger charge is -2.13. The summed E-state index contributed by atoms with van der Waals surface area (Å²) in [6.45, 7) is 0.325. The van der Waals surface area contributed by atoms with E-state index < -0.39 is 5.97 Å². The zero-order chi connectivity index (χ0) is 22.7. The van der Waals surface area contributed by atoms with Gasteiger partial charge in [-0.15, -0.1) is 0 Å². The number of halogens is 3.